The largest absolute Gasteiger partial charge is 0.317 e. The monoisotopic (exact) mass is 260 g/mol. The molecule has 1 aromatic carbocycles. The molecule has 0 bridgehead atoms. The van der Waals surface area contributed by atoms with Crippen LogP contribution in [0.3, 0.4) is 0 Å². The Morgan fingerprint density at radius 3 is 2.53 bits per heavy atom. The summed E-state index contributed by atoms with van der Waals surface area (Å²) in [5, 5.41) is 3.50. The second kappa shape index (κ2) is 7.06. The SMILES string of the molecule is CNC1CCCCC1CN(C)Cc1ccc(C)cc1. The average Bonchev–Trinajstić information content (AvgIpc) is 2.42. The maximum atomic E-state index is 3.50. The molecule has 1 aromatic rings. The Labute approximate surface area is 118 Å². The quantitative estimate of drug-likeness (QED) is 0.874. The van der Waals surface area contributed by atoms with E-state index in [2.05, 4.69) is 55.5 Å². The number of aryl methyl sites for hydroxylation is 1. The maximum absolute atomic E-state index is 3.50. The molecule has 0 amide bonds. The van der Waals surface area contributed by atoms with Gasteiger partial charge in [0.05, 0.1) is 0 Å². The Morgan fingerprint density at radius 2 is 1.84 bits per heavy atom. The van der Waals surface area contributed by atoms with Gasteiger partial charge in [0.1, 0.15) is 0 Å². The van der Waals surface area contributed by atoms with Gasteiger partial charge in [-0.15, -0.1) is 0 Å². The third kappa shape index (κ3) is 4.32. The summed E-state index contributed by atoms with van der Waals surface area (Å²) in [5.41, 5.74) is 2.76. The number of benzene rings is 1. The lowest BCUT2D eigenvalue weighted by Crippen LogP contribution is -2.41. The van der Waals surface area contributed by atoms with E-state index in [0.29, 0.717) is 6.04 Å². The molecule has 1 fully saturated rings. The molecule has 1 aliphatic carbocycles. The fraction of sp³-hybridized carbons (Fsp3) is 0.647. The molecule has 0 aliphatic heterocycles. The number of hydrogen-bond donors (Lipinski definition) is 1. The van der Waals surface area contributed by atoms with Crippen LogP contribution < -0.4 is 5.32 Å². The number of rotatable bonds is 5. The molecule has 1 N–H and O–H groups in total. The van der Waals surface area contributed by atoms with Gasteiger partial charge >= 0.3 is 0 Å². The van der Waals surface area contributed by atoms with E-state index in [-0.39, 0.29) is 0 Å². The van der Waals surface area contributed by atoms with Crippen molar-refractivity contribution in [3.05, 3.63) is 35.4 Å². The second-order valence-electron chi connectivity index (χ2n) is 6.12. The van der Waals surface area contributed by atoms with Crippen molar-refractivity contribution in [2.24, 2.45) is 5.92 Å². The molecule has 0 saturated heterocycles. The van der Waals surface area contributed by atoms with Crippen LogP contribution >= 0.6 is 0 Å². The van der Waals surface area contributed by atoms with Crippen LogP contribution in [0.1, 0.15) is 36.8 Å². The van der Waals surface area contributed by atoms with Crippen molar-refractivity contribution < 1.29 is 0 Å². The van der Waals surface area contributed by atoms with Gasteiger partial charge in [-0.25, -0.2) is 0 Å². The lowest BCUT2D eigenvalue weighted by molar-refractivity contribution is 0.190. The summed E-state index contributed by atoms with van der Waals surface area (Å²) in [7, 11) is 4.37. The third-order valence-corrected chi connectivity index (χ3v) is 4.40. The zero-order valence-electron chi connectivity index (χ0n) is 12.7. The smallest absolute Gasteiger partial charge is 0.0230 e. The molecule has 1 saturated carbocycles. The highest BCUT2D eigenvalue weighted by molar-refractivity contribution is 5.21. The first-order valence-electron chi connectivity index (χ1n) is 7.60. The minimum atomic E-state index is 0.717. The van der Waals surface area contributed by atoms with Crippen molar-refractivity contribution in [2.75, 3.05) is 20.6 Å². The molecule has 0 spiro atoms. The van der Waals surface area contributed by atoms with E-state index in [0.717, 1.165) is 12.5 Å². The van der Waals surface area contributed by atoms with Gasteiger partial charge < -0.3 is 10.2 Å². The van der Waals surface area contributed by atoms with Crippen LogP contribution in [-0.2, 0) is 6.54 Å². The van der Waals surface area contributed by atoms with Crippen LogP contribution in [0.15, 0.2) is 24.3 Å². The summed E-state index contributed by atoms with van der Waals surface area (Å²) in [5.74, 6) is 0.814. The van der Waals surface area contributed by atoms with Gasteiger partial charge in [-0.05, 0) is 45.3 Å². The topological polar surface area (TPSA) is 15.3 Å². The summed E-state index contributed by atoms with van der Waals surface area (Å²) in [4.78, 5) is 2.48. The molecule has 2 heteroatoms. The standard InChI is InChI=1S/C17H28N2/c1-14-8-10-15(11-9-14)12-19(3)13-16-6-4-5-7-17(16)18-2/h8-11,16-18H,4-7,12-13H2,1-3H3. The molecule has 0 heterocycles. The molecule has 2 unspecified atom stereocenters. The van der Waals surface area contributed by atoms with Crippen molar-refractivity contribution in [1.82, 2.24) is 10.2 Å². The highest BCUT2D eigenvalue weighted by Gasteiger charge is 2.24. The van der Waals surface area contributed by atoms with Gasteiger partial charge in [0.25, 0.3) is 0 Å². The molecular weight excluding hydrogens is 232 g/mol. The summed E-state index contributed by atoms with van der Waals surface area (Å²) < 4.78 is 0. The van der Waals surface area contributed by atoms with Crippen molar-refractivity contribution >= 4 is 0 Å². The average molecular weight is 260 g/mol. The molecule has 0 aromatic heterocycles. The van der Waals surface area contributed by atoms with E-state index < -0.39 is 0 Å². The van der Waals surface area contributed by atoms with Crippen LogP contribution in [0.2, 0.25) is 0 Å². The van der Waals surface area contributed by atoms with E-state index in [1.54, 1.807) is 0 Å². The van der Waals surface area contributed by atoms with Gasteiger partial charge in [-0.2, -0.15) is 0 Å². The fourth-order valence-electron chi connectivity index (χ4n) is 3.28. The predicted octanol–water partition coefficient (Wildman–Crippen LogP) is 3.21. The summed E-state index contributed by atoms with van der Waals surface area (Å²) in [6, 6.07) is 9.64. The first-order chi connectivity index (χ1) is 9.19. The molecule has 19 heavy (non-hydrogen) atoms. The minimum Gasteiger partial charge on any atom is -0.317 e. The Hall–Kier alpha value is -0.860. The van der Waals surface area contributed by atoms with Crippen LogP contribution in [-0.4, -0.2) is 31.6 Å². The van der Waals surface area contributed by atoms with Gasteiger partial charge in [-0.1, -0.05) is 42.7 Å². The zero-order valence-corrected chi connectivity index (χ0v) is 12.7. The van der Waals surface area contributed by atoms with Gasteiger partial charge in [0.15, 0.2) is 0 Å². The summed E-state index contributed by atoms with van der Waals surface area (Å²) in [6.45, 7) is 4.42. The van der Waals surface area contributed by atoms with Crippen LogP contribution in [0.4, 0.5) is 0 Å². The minimum absolute atomic E-state index is 0.717. The summed E-state index contributed by atoms with van der Waals surface area (Å²) >= 11 is 0. The Balaban J connectivity index is 1.86. The normalized spacial score (nSPS) is 23.8. The highest BCUT2D eigenvalue weighted by Crippen LogP contribution is 2.25. The van der Waals surface area contributed by atoms with Crippen molar-refractivity contribution in [1.29, 1.82) is 0 Å². The van der Waals surface area contributed by atoms with E-state index >= 15 is 0 Å². The predicted molar refractivity (Wildman–Crippen MR) is 82.3 cm³/mol. The molecule has 2 atom stereocenters. The Morgan fingerprint density at radius 1 is 1.16 bits per heavy atom. The van der Waals surface area contributed by atoms with E-state index in [9.17, 15) is 0 Å². The van der Waals surface area contributed by atoms with Crippen molar-refractivity contribution in [2.45, 2.75) is 45.2 Å². The number of hydrogen-bond acceptors (Lipinski definition) is 2. The van der Waals surface area contributed by atoms with E-state index in [4.69, 9.17) is 0 Å². The number of nitrogens with zero attached hydrogens (tertiary/aromatic N) is 1. The molecular formula is C17H28N2. The fourth-order valence-corrected chi connectivity index (χ4v) is 3.28. The zero-order chi connectivity index (χ0) is 13.7. The summed E-state index contributed by atoms with van der Waals surface area (Å²) in [6.07, 6.45) is 5.52. The second-order valence-corrected chi connectivity index (χ2v) is 6.12. The van der Waals surface area contributed by atoms with E-state index in [1.165, 1.54) is 43.4 Å². The first kappa shape index (κ1) is 14.5. The lowest BCUT2D eigenvalue weighted by Gasteiger charge is -2.34. The maximum Gasteiger partial charge on any atom is 0.0230 e. The lowest BCUT2D eigenvalue weighted by atomic mass is 9.84. The van der Waals surface area contributed by atoms with Gasteiger partial charge in [-0.3, -0.25) is 0 Å². The molecule has 1 aliphatic rings. The third-order valence-electron chi connectivity index (χ3n) is 4.40. The molecule has 0 radical (unpaired) electrons. The van der Waals surface area contributed by atoms with Gasteiger partial charge in [0.2, 0.25) is 0 Å². The molecule has 2 rings (SSSR count). The van der Waals surface area contributed by atoms with Crippen LogP contribution in [0.5, 0.6) is 0 Å². The van der Waals surface area contributed by atoms with Crippen LogP contribution in [0.25, 0.3) is 0 Å². The Bertz CT molecular complexity index is 371. The molecule has 2 nitrogen and oxygen atoms in total. The molecule has 106 valence electrons. The van der Waals surface area contributed by atoms with Crippen molar-refractivity contribution in [3.8, 4) is 0 Å². The van der Waals surface area contributed by atoms with Crippen molar-refractivity contribution in [3.63, 3.8) is 0 Å². The number of nitrogens with one attached hydrogen (secondary N) is 1. The van der Waals surface area contributed by atoms with E-state index in [1.807, 2.05) is 0 Å². The first-order valence-corrected chi connectivity index (χ1v) is 7.60. The highest BCUT2D eigenvalue weighted by atomic mass is 15.1. The van der Waals surface area contributed by atoms with Gasteiger partial charge in [0, 0.05) is 19.1 Å². The van der Waals surface area contributed by atoms with Crippen LogP contribution in [0, 0.1) is 12.8 Å². The Kier molecular flexibility index (Phi) is 5.41.